The van der Waals surface area contributed by atoms with E-state index in [0.29, 0.717) is 28.3 Å². The molecule has 0 bridgehead atoms. The van der Waals surface area contributed by atoms with Gasteiger partial charge in [0.15, 0.2) is 0 Å². The van der Waals surface area contributed by atoms with Gasteiger partial charge >= 0.3 is 0 Å². The number of rotatable bonds is 10. The van der Waals surface area contributed by atoms with Gasteiger partial charge in [-0.2, -0.15) is 0 Å². The van der Waals surface area contributed by atoms with Crippen molar-refractivity contribution < 1.29 is 9.59 Å². The molecule has 0 spiro atoms. The zero-order valence-corrected chi connectivity index (χ0v) is 19.9. The molecule has 0 aliphatic heterocycles. The smallest absolute Gasteiger partial charge is 0.242 e. The predicted molar refractivity (Wildman–Crippen MR) is 127 cm³/mol. The lowest BCUT2D eigenvalue weighted by molar-refractivity contribution is -0.138. The van der Waals surface area contributed by atoms with Crippen LogP contribution in [0.5, 0.6) is 0 Å². The first-order chi connectivity index (χ1) is 14.3. The molecule has 4 nitrogen and oxygen atoms in total. The summed E-state index contributed by atoms with van der Waals surface area (Å²) in [5, 5.41) is 4.18. The second-order valence-electron chi connectivity index (χ2n) is 7.51. The Hall–Kier alpha value is -1.69. The first-order valence-corrected chi connectivity index (χ1v) is 11.8. The Morgan fingerprint density at radius 2 is 1.53 bits per heavy atom. The fourth-order valence-corrected chi connectivity index (χ4v) is 4.18. The highest BCUT2D eigenvalue weighted by molar-refractivity contribution is 7.99. The molecular formula is C23H28Cl2N2O2S. The van der Waals surface area contributed by atoms with Gasteiger partial charge in [0, 0.05) is 28.9 Å². The Morgan fingerprint density at radius 1 is 0.967 bits per heavy atom. The van der Waals surface area contributed by atoms with Crippen LogP contribution in [0, 0.1) is 5.92 Å². The molecule has 0 heterocycles. The molecule has 0 aliphatic rings. The van der Waals surface area contributed by atoms with Gasteiger partial charge in [-0.3, -0.25) is 9.59 Å². The molecule has 2 aromatic rings. The van der Waals surface area contributed by atoms with Crippen LogP contribution in [0.2, 0.25) is 10.0 Å². The van der Waals surface area contributed by atoms with Crippen LogP contribution in [-0.4, -0.2) is 35.1 Å². The summed E-state index contributed by atoms with van der Waals surface area (Å²) in [4.78, 5) is 27.3. The number of carbonyl (C=O) groups is 2. The van der Waals surface area contributed by atoms with Gasteiger partial charge in [-0.25, -0.2) is 0 Å². The molecule has 30 heavy (non-hydrogen) atoms. The summed E-state index contributed by atoms with van der Waals surface area (Å²) >= 11 is 14.0. The molecule has 0 saturated carbocycles. The fraction of sp³-hybridized carbons (Fsp3) is 0.391. The van der Waals surface area contributed by atoms with Crippen LogP contribution in [0.3, 0.4) is 0 Å². The van der Waals surface area contributed by atoms with E-state index in [1.54, 1.807) is 17.9 Å². The second-order valence-corrected chi connectivity index (χ2v) is 9.31. The van der Waals surface area contributed by atoms with Crippen molar-refractivity contribution in [2.24, 2.45) is 5.92 Å². The first kappa shape index (κ1) is 24.6. The number of nitrogens with one attached hydrogen (secondary N) is 1. The number of amides is 2. The molecule has 2 aromatic carbocycles. The van der Waals surface area contributed by atoms with E-state index in [1.165, 1.54) is 11.8 Å². The molecule has 162 valence electrons. The van der Waals surface area contributed by atoms with Gasteiger partial charge in [0.2, 0.25) is 11.8 Å². The van der Waals surface area contributed by atoms with Gasteiger partial charge in [-0.1, -0.05) is 73.4 Å². The minimum absolute atomic E-state index is 0.112. The molecule has 0 aliphatic carbocycles. The highest BCUT2D eigenvalue weighted by Crippen LogP contribution is 2.23. The summed E-state index contributed by atoms with van der Waals surface area (Å²) < 4.78 is 0. The van der Waals surface area contributed by atoms with Gasteiger partial charge < -0.3 is 10.2 Å². The second kappa shape index (κ2) is 12.2. The average molecular weight is 467 g/mol. The maximum absolute atomic E-state index is 13.1. The monoisotopic (exact) mass is 466 g/mol. The highest BCUT2D eigenvalue weighted by atomic mass is 35.5. The van der Waals surface area contributed by atoms with Crippen molar-refractivity contribution in [2.45, 2.75) is 39.1 Å². The topological polar surface area (TPSA) is 49.4 Å². The summed E-state index contributed by atoms with van der Waals surface area (Å²) in [6, 6.07) is 14.4. The SMILES string of the molecule is CC(C)CNC(=O)[C@H](C)N(Cc1ccccc1Cl)C(=O)CSCc1ccccc1Cl. The molecule has 1 N–H and O–H groups in total. The predicted octanol–water partition coefficient (Wildman–Crippen LogP) is 5.42. The Labute approximate surface area is 193 Å². The zero-order valence-electron chi connectivity index (χ0n) is 17.5. The van der Waals surface area contributed by atoms with E-state index in [4.69, 9.17) is 23.2 Å². The number of benzene rings is 2. The van der Waals surface area contributed by atoms with Gasteiger partial charge in [0.05, 0.1) is 5.75 Å². The summed E-state index contributed by atoms with van der Waals surface area (Å²) in [5.74, 6) is 0.927. The molecule has 0 saturated heterocycles. The van der Waals surface area contributed by atoms with Crippen molar-refractivity contribution in [2.75, 3.05) is 12.3 Å². The summed E-state index contributed by atoms with van der Waals surface area (Å²) in [6.07, 6.45) is 0. The largest absolute Gasteiger partial charge is 0.354 e. The summed E-state index contributed by atoms with van der Waals surface area (Å²) in [5.41, 5.74) is 1.80. The molecular weight excluding hydrogens is 439 g/mol. The Morgan fingerprint density at radius 3 is 2.10 bits per heavy atom. The van der Waals surface area contributed by atoms with E-state index < -0.39 is 6.04 Å². The molecule has 1 atom stereocenters. The molecule has 0 fully saturated rings. The Kier molecular flexibility index (Phi) is 10.0. The van der Waals surface area contributed by atoms with Crippen molar-refractivity contribution in [1.82, 2.24) is 10.2 Å². The van der Waals surface area contributed by atoms with Crippen molar-refractivity contribution in [3.8, 4) is 0 Å². The number of thioether (sulfide) groups is 1. The maximum Gasteiger partial charge on any atom is 0.242 e. The Balaban J connectivity index is 2.08. The third-order valence-corrected chi connectivity index (χ3v) is 6.29. The van der Waals surface area contributed by atoms with Crippen LogP contribution >= 0.6 is 35.0 Å². The molecule has 2 amide bonds. The lowest BCUT2D eigenvalue weighted by Crippen LogP contribution is -2.48. The molecule has 2 rings (SSSR count). The van der Waals surface area contributed by atoms with E-state index in [0.717, 1.165) is 11.1 Å². The minimum atomic E-state index is -0.603. The van der Waals surface area contributed by atoms with E-state index in [1.807, 2.05) is 56.3 Å². The lowest BCUT2D eigenvalue weighted by Gasteiger charge is -2.29. The van der Waals surface area contributed by atoms with Gasteiger partial charge in [-0.05, 0) is 36.1 Å². The van der Waals surface area contributed by atoms with Crippen LogP contribution in [-0.2, 0) is 21.9 Å². The van der Waals surface area contributed by atoms with Crippen LogP contribution in [0.15, 0.2) is 48.5 Å². The molecule has 0 unspecified atom stereocenters. The average Bonchev–Trinajstić information content (AvgIpc) is 2.72. The van der Waals surface area contributed by atoms with E-state index in [2.05, 4.69) is 5.32 Å². The van der Waals surface area contributed by atoms with E-state index >= 15 is 0 Å². The first-order valence-electron chi connectivity index (χ1n) is 9.91. The van der Waals surface area contributed by atoms with Crippen LogP contribution in [0.4, 0.5) is 0 Å². The van der Waals surface area contributed by atoms with E-state index in [-0.39, 0.29) is 24.1 Å². The third kappa shape index (κ3) is 7.53. The quantitative estimate of drug-likeness (QED) is 0.508. The lowest BCUT2D eigenvalue weighted by atomic mass is 10.1. The summed E-state index contributed by atoms with van der Waals surface area (Å²) in [7, 11) is 0. The number of halogens is 2. The standard InChI is InChI=1S/C23H28Cl2N2O2S/c1-16(2)12-26-23(29)17(3)27(13-18-8-4-6-10-20(18)24)22(28)15-30-14-19-9-5-7-11-21(19)25/h4-11,16-17H,12-15H2,1-3H3,(H,26,29)/t17-/m0/s1. The van der Waals surface area contributed by atoms with Crippen LogP contribution in [0.25, 0.3) is 0 Å². The van der Waals surface area contributed by atoms with Crippen molar-refractivity contribution >= 4 is 46.8 Å². The normalized spacial score (nSPS) is 11.9. The van der Waals surface area contributed by atoms with Gasteiger partial charge in [-0.15, -0.1) is 11.8 Å². The molecule has 7 heteroatoms. The van der Waals surface area contributed by atoms with E-state index in [9.17, 15) is 9.59 Å². The zero-order chi connectivity index (χ0) is 22.1. The molecule has 0 radical (unpaired) electrons. The number of nitrogens with zero attached hydrogens (tertiary/aromatic N) is 1. The third-order valence-electron chi connectivity index (χ3n) is 4.59. The van der Waals surface area contributed by atoms with Crippen LogP contribution < -0.4 is 5.32 Å². The minimum Gasteiger partial charge on any atom is -0.354 e. The van der Waals surface area contributed by atoms with Crippen LogP contribution in [0.1, 0.15) is 31.9 Å². The number of hydrogen-bond acceptors (Lipinski definition) is 3. The summed E-state index contributed by atoms with van der Waals surface area (Å²) in [6.45, 7) is 6.66. The maximum atomic E-state index is 13.1. The van der Waals surface area contributed by atoms with Crippen molar-refractivity contribution in [3.63, 3.8) is 0 Å². The Bertz CT molecular complexity index is 861. The highest BCUT2D eigenvalue weighted by Gasteiger charge is 2.26. The number of carbonyl (C=O) groups excluding carboxylic acids is 2. The van der Waals surface area contributed by atoms with Crippen molar-refractivity contribution in [1.29, 1.82) is 0 Å². The van der Waals surface area contributed by atoms with Gasteiger partial charge in [0.1, 0.15) is 6.04 Å². The van der Waals surface area contributed by atoms with Crippen molar-refractivity contribution in [3.05, 3.63) is 69.7 Å². The molecule has 0 aromatic heterocycles. The van der Waals surface area contributed by atoms with Gasteiger partial charge in [0.25, 0.3) is 0 Å². The fourth-order valence-electron chi connectivity index (χ4n) is 2.79. The number of hydrogen-bond donors (Lipinski definition) is 1.